The molecule has 0 amide bonds. The highest BCUT2D eigenvalue weighted by Gasteiger charge is 2.20. The van der Waals surface area contributed by atoms with Crippen molar-refractivity contribution in [2.45, 2.75) is 6.92 Å². The zero-order chi connectivity index (χ0) is 16.9. The van der Waals surface area contributed by atoms with Crippen LogP contribution in [0.3, 0.4) is 0 Å². The molecule has 0 saturated carbocycles. The van der Waals surface area contributed by atoms with E-state index < -0.39 is 0 Å². The number of rotatable bonds is 4. The fourth-order valence-corrected chi connectivity index (χ4v) is 2.79. The van der Waals surface area contributed by atoms with Gasteiger partial charge in [0.1, 0.15) is 11.6 Å². The molecule has 126 valence electrons. The number of para-hydroxylation sites is 1. The smallest absolute Gasteiger partial charge is 0.339 e. The minimum absolute atomic E-state index is 0.192. The van der Waals surface area contributed by atoms with Gasteiger partial charge in [-0.05, 0) is 31.2 Å². The highest BCUT2D eigenvalue weighted by molar-refractivity contribution is 5.89. The van der Waals surface area contributed by atoms with Crippen molar-refractivity contribution < 1.29 is 13.9 Å². The number of piperazine rings is 1. The van der Waals surface area contributed by atoms with Gasteiger partial charge in [0.25, 0.3) is 0 Å². The minimum Gasteiger partial charge on any atom is -0.462 e. The summed E-state index contributed by atoms with van der Waals surface area (Å²) in [5.41, 5.74) is 1.09. The lowest BCUT2D eigenvalue weighted by Crippen LogP contribution is -2.47. The van der Waals surface area contributed by atoms with Crippen LogP contribution in [-0.2, 0) is 4.74 Å². The van der Waals surface area contributed by atoms with Crippen molar-refractivity contribution in [3.8, 4) is 0 Å². The standard InChI is InChI=1S/C18H20FN3O2/c1-2-24-18(23)14-7-8-17(20-13-14)22-11-9-21(10-12-22)16-6-4-3-5-15(16)19/h3-8,13H,2,9-12H2,1H3. The summed E-state index contributed by atoms with van der Waals surface area (Å²) in [4.78, 5) is 20.2. The molecular weight excluding hydrogens is 309 g/mol. The maximum absolute atomic E-state index is 13.9. The van der Waals surface area contributed by atoms with Crippen LogP contribution in [0.25, 0.3) is 0 Å². The zero-order valence-electron chi connectivity index (χ0n) is 13.6. The Morgan fingerprint density at radius 1 is 1.12 bits per heavy atom. The first-order valence-electron chi connectivity index (χ1n) is 8.06. The van der Waals surface area contributed by atoms with E-state index in [1.54, 1.807) is 25.1 Å². The Morgan fingerprint density at radius 3 is 2.46 bits per heavy atom. The van der Waals surface area contributed by atoms with Crippen LogP contribution in [-0.4, -0.2) is 43.7 Å². The lowest BCUT2D eigenvalue weighted by Gasteiger charge is -2.36. The largest absolute Gasteiger partial charge is 0.462 e. The summed E-state index contributed by atoms with van der Waals surface area (Å²) in [7, 11) is 0. The van der Waals surface area contributed by atoms with Crippen LogP contribution in [0.15, 0.2) is 42.6 Å². The Labute approximate surface area is 140 Å². The lowest BCUT2D eigenvalue weighted by molar-refractivity contribution is 0.0526. The number of esters is 1. The number of aromatic nitrogens is 1. The maximum Gasteiger partial charge on any atom is 0.339 e. The number of carbonyl (C=O) groups excluding carboxylic acids is 1. The van der Waals surface area contributed by atoms with Crippen LogP contribution in [0.4, 0.5) is 15.9 Å². The van der Waals surface area contributed by atoms with E-state index >= 15 is 0 Å². The third kappa shape index (κ3) is 3.48. The Morgan fingerprint density at radius 2 is 1.83 bits per heavy atom. The Balaban J connectivity index is 1.62. The van der Waals surface area contributed by atoms with E-state index in [4.69, 9.17) is 4.74 Å². The van der Waals surface area contributed by atoms with Crippen LogP contribution >= 0.6 is 0 Å². The average molecular weight is 329 g/mol. The SMILES string of the molecule is CCOC(=O)c1ccc(N2CCN(c3ccccc3F)CC2)nc1. The van der Waals surface area contributed by atoms with Crippen molar-refractivity contribution in [3.05, 3.63) is 54.0 Å². The first-order chi connectivity index (χ1) is 11.7. The molecule has 0 spiro atoms. The number of benzene rings is 1. The average Bonchev–Trinajstić information content (AvgIpc) is 2.63. The van der Waals surface area contributed by atoms with Crippen LogP contribution in [0.5, 0.6) is 0 Å². The summed E-state index contributed by atoms with van der Waals surface area (Å²) < 4.78 is 18.8. The summed E-state index contributed by atoms with van der Waals surface area (Å²) in [6.45, 7) is 5.07. The number of hydrogen-bond acceptors (Lipinski definition) is 5. The second kappa shape index (κ2) is 7.29. The summed E-state index contributed by atoms with van der Waals surface area (Å²) in [6, 6.07) is 10.4. The van der Waals surface area contributed by atoms with Gasteiger partial charge in [0.2, 0.25) is 0 Å². The van der Waals surface area contributed by atoms with Crippen molar-refractivity contribution >= 4 is 17.5 Å². The summed E-state index contributed by atoms with van der Waals surface area (Å²) in [5, 5.41) is 0. The minimum atomic E-state index is -0.360. The number of pyridine rings is 1. The summed E-state index contributed by atoms with van der Waals surface area (Å²) >= 11 is 0. The summed E-state index contributed by atoms with van der Waals surface area (Å²) in [6.07, 6.45) is 1.54. The molecule has 0 aliphatic carbocycles. The highest BCUT2D eigenvalue weighted by Crippen LogP contribution is 2.22. The maximum atomic E-state index is 13.9. The van der Waals surface area contributed by atoms with Gasteiger partial charge in [-0.15, -0.1) is 0 Å². The molecular formula is C18H20FN3O2. The van der Waals surface area contributed by atoms with Crippen LogP contribution in [0.2, 0.25) is 0 Å². The molecule has 1 saturated heterocycles. The second-order valence-electron chi connectivity index (χ2n) is 5.55. The topological polar surface area (TPSA) is 45.7 Å². The highest BCUT2D eigenvalue weighted by atomic mass is 19.1. The molecule has 2 heterocycles. The molecule has 2 aromatic rings. The van der Waals surface area contributed by atoms with Crippen LogP contribution < -0.4 is 9.80 Å². The Kier molecular flexibility index (Phi) is 4.93. The van der Waals surface area contributed by atoms with E-state index in [1.807, 2.05) is 17.0 Å². The van der Waals surface area contributed by atoms with Gasteiger partial charge >= 0.3 is 5.97 Å². The fraction of sp³-hybridized carbons (Fsp3) is 0.333. The molecule has 1 aromatic heterocycles. The van der Waals surface area contributed by atoms with Crippen molar-refractivity contribution in [1.82, 2.24) is 4.98 Å². The van der Waals surface area contributed by atoms with E-state index in [0.29, 0.717) is 17.9 Å². The first-order valence-corrected chi connectivity index (χ1v) is 8.06. The first kappa shape index (κ1) is 16.2. The van der Waals surface area contributed by atoms with E-state index in [1.165, 1.54) is 12.3 Å². The van der Waals surface area contributed by atoms with Gasteiger partial charge in [-0.3, -0.25) is 0 Å². The molecule has 24 heavy (non-hydrogen) atoms. The second-order valence-corrected chi connectivity index (χ2v) is 5.55. The van der Waals surface area contributed by atoms with Crippen molar-refractivity contribution in [2.24, 2.45) is 0 Å². The molecule has 0 radical (unpaired) electrons. The number of nitrogens with zero attached hydrogens (tertiary/aromatic N) is 3. The molecule has 1 aromatic carbocycles. The van der Waals surface area contributed by atoms with Gasteiger partial charge in [-0.2, -0.15) is 0 Å². The van der Waals surface area contributed by atoms with Crippen LogP contribution in [0, 0.1) is 5.82 Å². The van der Waals surface area contributed by atoms with Gasteiger partial charge in [0.05, 0.1) is 17.9 Å². The molecule has 0 N–H and O–H groups in total. The van der Waals surface area contributed by atoms with E-state index in [9.17, 15) is 9.18 Å². The molecule has 5 nitrogen and oxygen atoms in total. The van der Waals surface area contributed by atoms with E-state index in [2.05, 4.69) is 9.88 Å². The number of anilines is 2. The molecule has 0 bridgehead atoms. The normalized spacial score (nSPS) is 14.6. The number of hydrogen-bond donors (Lipinski definition) is 0. The van der Waals surface area contributed by atoms with Gasteiger partial charge in [-0.1, -0.05) is 12.1 Å². The Hall–Kier alpha value is -2.63. The number of carbonyl (C=O) groups is 1. The fourth-order valence-electron chi connectivity index (χ4n) is 2.79. The van der Waals surface area contributed by atoms with Gasteiger partial charge in [0, 0.05) is 32.4 Å². The third-order valence-corrected chi connectivity index (χ3v) is 4.06. The van der Waals surface area contributed by atoms with Gasteiger partial charge in [-0.25, -0.2) is 14.2 Å². The monoisotopic (exact) mass is 329 g/mol. The van der Waals surface area contributed by atoms with Crippen molar-refractivity contribution in [2.75, 3.05) is 42.6 Å². The summed E-state index contributed by atoms with van der Waals surface area (Å²) in [5.74, 6) is 0.264. The van der Waals surface area contributed by atoms with Crippen LogP contribution in [0.1, 0.15) is 17.3 Å². The van der Waals surface area contributed by atoms with Gasteiger partial charge < -0.3 is 14.5 Å². The molecule has 1 fully saturated rings. The molecule has 1 aliphatic rings. The quantitative estimate of drug-likeness (QED) is 0.807. The van der Waals surface area contributed by atoms with E-state index in [0.717, 1.165) is 32.0 Å². The predicted octanol–water partition coefficient (Wildman–Crippen LogP) is 2.72. The predicted molar refractivity (Wildman–Crippen MR) is 91.0 cm³/mol. The molecule has 3 rings (SSSR count). The van der Waals surface area contributed by atoms with Crippen molar-refractivity contribution in [1.29, 1.82) is 0 Å². The third-order valence-electron chi connectivity index (χ3n) is 4.06. The van der Waals surface area contributed by atoms with Gasteiger partial charge in [0.15, 0.2) is 0 Å². The molecule has 6 heteroatoms. The number of ether oxygens (including phenoxy) is 1. The molecule has 0 atom stereocenters. The molecule has 0 unspecified atom stereocenters. The van der Waals surface area contributed by atoms with E-state index in [-0.39, 0.29) is 11.8 Å². The Bertz CT molecular complexity index is 698. The van der Waals surface area contributed by atoms with Crippen molar-refractivity contribution in [3.63, 3.8) is 0 Å². The zero-order valence-corrected chi connectivity index (χ0v) is 13.6. The lowest BCUT2D eigenvalue weighted by atomic mass is 10.2. The molecule has 1 aliphatic heterocycles. The number of halogens is 1.